The van der Waals surface area contributed by atoms with Crippen LogP contribution in [-0.2, 0) is 0 Å². The second-order valence-electron chi connectivity index (χ2n) is 5.94. The van der Waals surface area contributed by atoms with Crippen LogP contribution in [0.1, 0.15) is 48.5 Å². The summed E-state index contributed by atoms with van der Waals surface area (Å²) in [4.78, 5) is 14.7. The number of carbonyl (C=O) groups is 1. The average Bonchev–Trinajstić information content (AvgIpc) is 2.51. The Morgan fingerprint density at radius 2 is 2.10 bits per heavy atom. The number of amides is 1. The summed E-state index contributed by atoms with van der Waals surface area (Å²) in [5.74, 6) is 0.566. The number of nitrogens with two attached hydrogens (primary N) is 1. The van der Waals surface area contributed by atoms with E-state index < -0.39 is 0 Å². The molecule has 1 fully saturated rings. The molecule has 0 spiro atoms. The van der Waals surface area contributed by atoms with E-state index in [-0.39, 0.29) is 17.7 Å². The van der Waals surface area contributed by atoms with Crippen LogP contribution in [0.15, 0.2) is 18.2 Å². The largest absolute Gasteiger partial charge is 0.508 e. The third-order valence-electron chi connectivity index (χ3n) is 4.63. The standard InChI is InChI=1S/C17H26N2O2/c1-3-19(15-7-5-4-6-14(15)11-18)17(21)13-9-8-12(2)16(20)10-13/h8-10,14-15,20H,3-7,11,18H2,1-2H3. The van der Waals surface area contributed by atoms with Gasteiger partial charge in [0.1, 0.15) is 5.75 Å². The molecule has 0 saturated heterocycles. The van der Waals surface area contributed by atoms with Crippen molar-refractivity contribution in [2.75, 3.05) is 13.1 Å². The van der Waals surface area contributed by atoms with Gasteiger partial charge in [-0.05, 0) is 56.8 Å². The van der Waals surface area contributed by atoms with Crippen LogP contribution in [0.25, 0.3) is 0 Å². The molecule has 2 rings (SSSR count). The fourth-order valence-electron chi connectivity index (χ4n) is 3.31. The molecule has 2 unspecified atom stereocenters. The topological polar surface area (TPSA) is 66.6 Å². The van der Waals surface area contributed by atoms with Crippen molar-refractivity contribution in [3.63, 3.8) is 0 Å². The summed E-state index contributed by atoms with van der Waals surface area (Å²) in [7, 11) is 0. The first kappa shape index (κ1) is 15.8. The van der Waals surface area contributed by atoms with E-state index in [0.29, 0.717) is 24.6 Å². The van der Waals surface area contributed by atoms with Crippen LogP contribution in [0.5, 0.6) is 5.75 Å². The van der Waals surface area contributed by atoms with Crippen LogP contribution < -0.4 is 5.73 Å². The van der Waals surface area contributed by atoms with Crippen molar-refractivity contribution in [1.82, 2.24) is 4.90 Å². The highest BCUT2D eigenvalue weighted by Gasteiger charge is 2.31. The zero-order valence-corrected chi connectivity index (χ0v) is 13.0. The van der Waals surface area contributed by atoms with Gasteiger partial charge >= 0.3 is 0 Å². The fourth-order valence-corrected chi connectivity index (χ4v) is 3.31. The maximum Gasteiger partial charge on any atom is 0.254 e. The van der Waals surface area contributed by atoms with E-state index in [1.54, 1.807) is 18.2 Å². The van der Waals surface area contributed by atoms with Gasteiger partial charge < -0.3 is 15.7 Å². The van der Waals surface area contributed by atoms with Crippen LogP contribution in [0, 0.1) is 12.8 Å². The average molecular weight is 290 g/mol. The molecule has 1 saturated carbocycles. The summed E-state index contributed by atoms with van der Waals surface area (Å²) in [6.07, 6.45) is 4.49. The van der Waals surface area contributed by atoms with Crippen molar-refractivity contribution in [2.45, 2.75) is 45.6 Å². The quantitative estimate of drug-likeness (QED) is 0.896. The Morgan fingerprint density at radius 1 is 1.38 bits per heavy atom. The van der Waals surface area contributed by atoms with E-state index in [4.69, 9.17) is 5.73 Å². The first-order valence-electron chi connectivity index (χ1n) is 7.89. The first-order chi connectivity index (χ1) is 10.1. The number of hydrogen-bond acceptors (Lipinski definition) is 3. The van der Waals surface area contributed by atoms with Crippen LogP contribution in [-0.4, -0.2) is 35.0 Å². The van der Waals surface area contributed by atoms with E-state index in [1.165, 1.54) is 6.42 Å². The van der Waals surface area contributed by atoms with Crippen LogP contribution in [0.3, 0.4) is 0 Å². The predicted molar refractivity (Wildman–Crippen MR) is 84.4 cm³/mol. The Labute approximate surface area is 126 Å². The van der Waals surface area contributed by atoms with Gasteiger partial charge in [-0.1, -0.05) is 18.9 Å². The van der Waals surface area contributed by atoms with Gasteiger partial charge in [0.05, 0.1) is 0 Å². The second kappa shape index (κ2) is 6.94. The number of nitrogens with zero attached hydrogens (tertiary/aromatic N) is 1. The number of benzene rings is 1. The molecule has 2 atom stereocenters. The lowest BCUT2D eigenvalue weighted by molar-refractivity contribution is 0.0559. The summed E-state index contributed by atoms with van der Waals surface area (Å²) < 4.78 is 0. The molecule has 1 aromatic carbocycles. The summed E-state index contributed by atoms with van der Waals surface area (Å²) >= 11 is 0. The fraction of sp³-hybridized carbons (Fsp3) is 0.588. The maximum absolute atomic E-state index is 12.8. The molecule has 3 N–H and O–H groups in total. The molecule has 4 heteroatoms. The van der Waals surface area contributed by atoms with Gasteiger partial charge in [0.25, 0.3) is 5.91 Å². The molecule has 1 aliphatic rings. The molecule has 0 bridgehead atoms. The van der Waals surface area contributed by atoms with Crippen molar-refractivity contribution >= 4 is 5.91 Å². The summed E-state index contributed by atoms with van der Waals surface area (Å²) in [6.45, 7) is 5.14. The van der Waals surface area contributed by atoms with Gasteiger partial charge in [-0.3, -0.25) is 4.79 Å². The van der Waals surface area contributed by atoms with Crippen molar-refractivity contribution in [3.8, 4) is 5.75 Å². The van der Waals surface area contributed by atoms with Gasteiger partial charge in [0, 0.05) is 18.2 Å². The highest BCUT2D eigenvalue weighted by molar-refractivity contribution is 5.95. The summed E-state index contributed by atoms with van der Waals surface area (Å²) in [5, 5.41) is 9.82. The number of rotatable bonds is 4. The van der Waals surface area contributed by atoms with Crippen molar-refractivity contribution < 1.29 is 9.90 Å². The number of hydrogen-bond donors (Lipinski definition) is 2. The molecule has 0 aromatic heterocycles. The Hall–Kier alpha value is -1.55. The Kier molecular flexibility index (Phi) is 5.23. The molecule has 1 aliphatic carbocycles. The highest BCUT2D eigenvalue weighted by Crippen LogP contribution is 2.29. The van der Waals surface area contributed by atoms with Crippen molar-refractivity contribution in [1.29, 1.82) is 0 Å². The van der Waals surface area contributed by atoms with Gasteiger partial charge in [-0.2, -0.15) is 0 Å². The molecular formula is C17H26N2O2. The molecule has 116 valence electrons. The van der Waals surface area contributed by atoms with E-state index in [2.05, 4.69) is 0 Å². The molecular weight excluding hydrogens is 264 g/mol. The third kappa shape index (κ3) is 3.38. The van der Waals surface area contributed by atoms with Crippen LogP contribution in [0.4, 0.5) is 0 Å². The Morgan fingerprint density at radius 3 is 2.71 bits per heavy atom. The number of aromatic hydroxyl groups is 1. The third-order valence-corrected chi connectivity index (χ3v) is 4.63. The predicted octanol–water partition coefficient (Wildman–Crippen LogP) is 2.68. The number of aryl methyl sites for hydroxylation is 1. The molecule has 4 nitrogen and oxygen atoms in total. The number of phenols is 1. The van der Waals surface area contributed by atoms with Crippen molar-refractivity contribution in [3.05, 3.63) is 29.3 Å². The van der Waals surface area contributed by atoms with Crippen LogP contribution in [0.2, 0.25) is 0 Å². The SMILES string of the molecule is CCN(C(=O)c1ccc(C)c(O)c1)C1CCCCC1CN. The minimum atomic E-state index is -0.00171. The summed E-state index contributed by atoms with van der Waals surface area (Å²) in [5.41, 5.74) is 7.23. The number of carbonyl (C=O) groups excluding carboxylic acids is 1. The van der Waals surface area contributed by atoms with Crippen LogP contribution >= 0.6 is 0 Å². The molecule has 1 amide bonds. The first-order valence-corrected chi connectivity index (χ1v) is 7.89. The zero-order valence-electron chi connectivity index (χ0n) is 13.0. The lowest BCUT2D eigenvalue weighted by Gasteiger charge is -2.39. The Bertz CT molecular complexity index is 502. The second-order valence-corrected chi connectivity index (χ2v) is 5.94. The van der Waals surface area contributed by atoms with Gasteiger partial charge in [0.15, 0.2) is 0 Å². The lowest BCUT2D eigenvalue weighted by Crippen LogP contribution is -2.48. The van der Waals surface area contributed by atoms with E-state index in [9.17, 15) is 9.90 Å². The Balaban J connectivity index is 2.22. The van der Waals surface area contributed by atoms with Gasteiger partial charge in [-0.15, -0.1) is 0 Å². The molecule has 0 radical (unpaired) electrons. The van der Waals surface area contributed by atoms with Gasteiger partial charge in [0.2, 0.25) is 0 Å². The maximum atomic E-state index is 12.8. The summed E-state index contributed by atoms with van der Waals surface area (Å²) in [6, 6.07) is 5.38. The molecule has 1 aromatic rings. The number of phenolic OH excluding ortho intramolecular Hbond substituents is 1. The monoisotopic (exact) mass is 290 g/mol. The van der Waals surface area contributed by atoms with Crippen molar-refractivity contribution in [2.24, 2.45) is 11.7 Å². The smallest absolute Gasteiger partial charge is 0.254 e. The minimum absolute atomic E-state index is 0.00171. The molecule has 0 heterocycles. The van der Waals surface area contributed by atoms with Gasteiger partial charge in [-0.25, -0.2) is 0 Å². The minimum Gasteiger partial charge on any atom is -0.508 e. The highest BCUT2D eigenvalue weighted by atomic mass is 16.3. The molecule has 21 heavy (non-hydrogen) atoms. The van der Waals surface area contributed by atoms with E-state index >= 15 is 0 Å². The molecule has 0 aliphatic heterocycles. The normalized spacial score (nSPS) is 22.0. The zero-order chi connectivity index (χ0) is 15.4. The lowest BCUT2D eigenvalue weighted by atomic mass is 9.83. The van der Waals surface area contributed by atoms with E-state index in [1.807, 2.05) is 18.7 Å². The van der Waals surface area contributed by atoms with E-state index in [0.717, 1.165) is 24.8 Å².